The number of rotatable bonds is 9. The molecule has 2 saturated heterocycles. The van der Waals surface area contributed by atoms with Crippen molar-refractivity contribution in [2.24, 2.45) is 5.92 Å². The molecule has 1 saturated carbocycles. The van der Waals surface area contributed by atoms with Crippen LogP contribution in [0.25, 0.3) is 0 Å². The number of ether oxygens (including phenoxy) is 1. The van der Waals surface area contributed by atoms with Gasteiger partial charge in [0.25, 0.3) is 0 Å². The standard InChI is InChI=1S/C35H45ClN8O3/c1-4-31(45)44-20-19-43(22-26(44)12-15-37)32-27-13-18-42(30-10-6-5-9-28(30)36)23-29(27)38-34(39-32)47-24-35(40(2)3)14-11-25(21-35)33(46)41-16-7-8-17-41/h4-6,9-10,25-26H,1,7-8,11-14,16-24H2,2-3H3/t25?,26-,35?/m0/s1. The van der Waals surface area contributed by atoms with Gasteiger partial charge in [-0.3, -0.25) is 9.59 Å². The van der Waals surface area contributed by atoms with E-state index in [0.717, 1.165) is 74.5 Å². The quantitative estimate of drug-likeness (QED) is 0.370. The number of amides is 2. The van der Waals surface area contributed by atoms with Gasteiger partial charge < -0.3 is 29.2 Å². The normalized spacial score (nSPS) is 24.3. The van der Waals surface area contributed by atoms with E-state index in [0.29, 0.717) is 50.2 Å². The van der Waals surface area contributed by atoms with Crippen molar-refractivity contribution in [1.82, 2.24) is 24.7 Å². The summed E-state index contributed by atoms with van der Waals surface area (Å²) in [6.45, 7) is 8.57. The summed E-state index contributed by atoms with van der Waals surface area (Å²) in [7, 11) is 4.12. The van der Waals surface area contributed by atoms with E-state index in [4.69, 9.17) is 26.3 Å². The second kappa shape index (κ2) is 14.1. The molecule has 3 atom stereocenters. The molecule has 4 aliphatic rings. The van der Waals surface area contributed by atoms with Crippen LogP contribution in [0.2, 0.25) is 5.02 Å². The number of anilines is 2. The highest BCUT2D eigenvalue weighted by Crippen LogP contribution is 2.40. The molecule has 0 N–H and O–H groups in total. The molecular formula is C35H45ClN8O3. The summed E-state index contributed by atoms with van der Waals surface area (Å²) in [6.07, 6.45) is 6.86. The van der Waals surface area contributed by atoms with E-state index in [9.17, 15) is 14.9 Å². The third-order valence-corrected chi connectivity index (χ3v) is 10.9. The summed E-state index contributed by atoms with van der Waals surface area (Å²) >= 11 is 6.60. The van der Waals surface area contributed by atoms with Gasteiger partial charge in [0, 0.05) is 50.7 Å². The lowest BCUT2D eigenvalue weighted by molar-refractivity contribution is -0.134. The van der Waals surface area contributed by atoms with Crippen LogP contribution in [0.4, 0.5) is 11.5 Å². The van der Waals surface area contributed by atoms with Crippen molar-refractivity contribution in [2.75, 3.05) is 69.8 Å². The Labute approximate surface area is 282 Å². The SMILES string of the molecule is C=CC(=O)N1CCN(c2nc(OCC3(N(C)C)CCC(C(=O)N4CCCC4)C3)nc3c2CCN(c2ccccc2Cl)C3)C[C@@H]1CC#N. The van der Waals surface area contributed by atoms with Crippen molar-refractivity contribution in [2.45, 2.75) is 63.1 Å². The predicted molar refractivity (Wildman–Crippen MR) is 181 cm³/mol. The minimum absolute atomic E-state index is 0.00469. The molecular weight excluding hydrogens is 616 g/mol. The van der Waals surface area contributed by atoms with Gasteiger partial charge in [0.05, 0.1) is 47.0 Å². The van der Waals surface area contributed by atoms with Crippen molar-refractivity contribution in [3.8, 4) is 12.1 Å². The summed E-state index contributed by atoms with van der Waals surface area (Å²) < 4.78 is 6.53. The Morgan fingerprint density at radius 1 is 1.15 bits per heavy atom. The molecule has 250 valence electrons. The van der Waals surface area contributed by atoms with Gasteiger partial charge in [-0.15, -0.1) is 0 Å². The lowest BCUT2D eigenvalue weighted by Gasteiger charge is -2.42. The maximum absolute atomic E-state index is 13.3. The number of nitrogens with zero attached hydrogens (tertiary/aromatic N) is 8. The van der Waals surface area contributed by atoms with Crippen LogP contribution in [-0.4, -0.2) is 108 Å². The fourth-order valence-corrected chi connectivity index (χ4v) is 8.00. The molecule has 0 radical (unpaired) electrons. The molecule has 3 aliphatic heterocycles. The lowest BCUT2D eigenvalue weighted by Crippen LogP contribution is -2.55. The molecule has 0 spiro atoms. The number of hydrogen-bond donors (Lipinski definition) is 0. The van der Waals surface area contributed by atoms with Crippen LogP contribution in [0.5, 0.6) is 6.01 Å². The number of benzene rings is 1. The summed E-state index contributed by atoms with van der Waals surface area (Å²) in [5.74, 6) is 0.903. The van der Waals surface area contributed by atoms with Gasteiger partial charge in [0.1, 0.15) is 12.4 Å². The summed E-state index contributed by atoms with van der Waals surface area (Å²) in [5.41, 5.74) is 2.58. The third kappa shape index (κ3) is 6.76. The molecule has 1 aliphatic carbocycles. The lowest BCUT2D eigenvalue weighted by atomic mass is 9.95. The van der Waals surface area contributed by atoms with Gasteiger partial charge in [0.15, 0.2) is 0 Å². The van der Waals surface area contributed by atoms with Gasteiger partial charge in [-0.1, -0.05) is 30.3 Å². The van der Waals surface area contributed by atoms with Gasteiger partial charge in [-0.2, -0.15) is 15.2 Å². The molecule has 12 heteroatoms. The van der Waals surface area contributed by atoms with Crippen LogP contribution < -0.4 is 14.5 Å². The number of hydrogen-bond acceptors (Lipinski definition) is 9. The Hall–Kier alpha value is -3.88. The first-order valence-corrected chi connectivity index (χ1v) is 17.1. The molecule has 0 bridgehead atoms. The largest absolute Gasteiger partial charge is 0.461 e. The highest BCUT2D eigenvalue weighted by molar-refractivity contribution is 6.33. The summed E-state index contributed by atoms with van der Waals surface area (Å²) in [5, 5.41) is 10.3. The number of nitriles is 1. The van der Waals surface area contributed by atoms with Crippen molar-refractivity contribution >= 4 is 34.9 Å². The topological polar surface area (TPSA) is 109 Å². The average molecular weight is 661 g/mol. The fourth-order valence-electron chi connectivity index (χ4n) is 7.74. The maximum atomic E-state index is 13.3. The number of halogens is 1. The smallest absolute Gasteiger partial charge is 0.318 e. The van der Waals surface area contributed by atoms with Gasteiger partial charge in [-0.25, -0.2) is 0 Å². The van der Waals surface area contributed by atoms with Crippen LogP contribution >= 0.6 is 11.6 Å². The first kappa shape index (κ1) is 33.0. The molecule has 2 aromatic rings. The number of likely N-dealkylation sites (tertiary alicyclic amines) is 1. The Morgan fingerprint density at radius 3 is 2.66 bits per heavy atom. The van der Waals surface area contributed by atoms with Crippen molar-refractivity contribution < 1.29 is 14.3 Å². The van der Waals surface area contributed by atoms with Crippen LogP contribution in [0.15, 0.2) is 36.9 Å². The molecule has 2 unspecified atom stereocenters. The van der Waals surface area contributed by atoms with E-state index >= 15 is 0 Å². The van der Waals surface area contributed by atoms with E-state index in [2.05, 4.69) is 41.4 Å². The Bertz CT molecular complexity index is 1540. The first-order valence-electron chi connectivity index (χ1n) is 16.8. The number of para-hydroxylation sites is 1. The minimum atomic E-state index is -0.308. The van der Waals surface area contributed by atoms with Crippen LogP contribution in [-0.2, 0) is 22.6 Å². The Kier molecular flexibility index (Phi) is 9.90. The molecule has 4 heterocycles. The van der Waals surface area contributed by atoms with Gasteiger partial charge >= 0.3 is 6.01 Å². The number of carbonyl (C=O) groups excluding carboxylic acids is 2. The number of carbonyl (C=O) groups is 2. The van der Waals surface area contributed by atoms with Crippen molar-refractivity contribution in [3.63, 3.8) is 0 Å². The third-order valence-electron chi connectivity index (χ3n) is 10.6. The second-order valence-corrected chi connectivity index (χ2v) is 13.9. The van der Waals surface area contributed by atoms with E-state index in [1.54, 1.807) is 4.90 Å². The Morgan fingerprint density at radius 2 is 1.94 bits per heavy atom. The van der Waals surface area contributed by atoms with Gasteiger partial charge in [0.2, 0.25) is 11.8 Å². The number of aromatic nitrogens is 2. The number of likely N-dealkylation sites (N-methyl/N-ethyl adjacent to an activating group) is 1. The summed E-state index contributed by atoms with van der Waals surface area (Å²) in [4.78, 5) is 46.3. The van der Waals surface area contributed by atoms with Crippen LogP contribution in [0.3, 0.4) is 0 Å². The van der Waals surface area contributed by atoms with Gasteiger partial charge in [-0.05, 0) is 70.8 Å². The second-order valence-electron chi connectivity index (χ2n) is 13.5. The molecule has 6 rings (SSSR count). The van der Waals surface area contributed by atoms with E-state index < -0.39 is 0 Å². The molecule has 1 aromatic carbocycles. The summed E-state index contributed by atoms with van der Waals surface area (Å²) in [6, 6.07) is 10.1. The molecule has 11 nitrogen and oxygen atoms in total. The monoisotopic (exact) mass is 660 g/mol. The minimum Gasteiger partial charge on any atom is -0.461 e. The predicted octanol–water partition coefficient (Wildman–Crippen LogP) is 3.91. The highest BCUT2D eigenvalue weighted by Gasteiger charge is 2.46. The van der Waals surface area contributed by atoms with E-state index in [1.165, 1.54) is 6.08 Å². The maximum Gasteiger partial charge on any atom is 0.318 e. The fraction of sp³-hybridized carbons (Fsp3) is 0.571. The van der Waals surface area contributed by atoms with E-state index in [-0.39, 0.29) is 35.7 Å². The number of fused-ring (bicyclic) bond motifs is 1. The molecule has 1 aromatic heterocycles. The van der Waals surface area contributed by atoms with Crippen molar-refractivity contribution in [1.29, 1.82) is 5.26 Å². The zero-order valence-electron chi connectivity index (χ0n) is 27.5. The van der Waals surface area contributed by atoms with Crippen LogP contribution in [0, 0.1) is 17.2 Å². The Balaban J connectivity index is 1.28. The molecule has 3 fully saturated rings. The van der Waals surface area contributed by atoms with Crippen molar-refractivity contribution in [3.05, 3.63) is 53.2 Å². The highest BCUT2D eigenvalue weighted by atomic mass is 35.5. The zero-order valence-corrected chi connectivity index (χ0v) is 28.3. The number of piperazine rings is 1. The average Bonchev–Trinajstić information content (AvgIpc) is 3.78. The molecule has 2 amide bonds. The van der Waals surface area contributed by atoms with E-state index in [1.807, 2.05) is 29.2 Å². The zero-order chi connectivity index (χ0) is 33.1. The van der Waals surface area contributed by atoms with Crippen LogP contribution in [0.1, 0.15) is 49.8 Å². The first-order chi connectivity index (χ1) is 22.7. The molecule has 47 heavy (non-hydrogen) atoms.